The number of piperazine rings is 1. The van der Waals surface area contributed by atoms with E-state index in [0.29, 0.717) is 30.4 Å². The summed E-state index contributed by atoms with van der Waals surface area (Å²) in [4.78, 5) is 15.1. The molecule has 10 heteroatoms. The van der Waals surface area contributed by atoms with Crippen LogP contribution in [0.2, 0.25) is 0 Å². The van der Waals surface area contributed by atoms with Gasteiger partial charge >= 0.3 is 6.36 Å². The van der Waals surface area contributed by atoms with E-state index in [4.69, 9.17) is 12.2 Å². The summed E-state index contributed by atoms with van der Waals surface area (Å²) < 4.78 is 40.4. The number of quaternary nitrogens is 1. The first-order valence-electron chi connectivity index (χ1n) is 9.29. The van der Waals surface area contributed by atoms with E-state index in [0.717, 1.165) is 32.5 Å². The van der Waals surface area contributed by atoms with Crippen molar-refractivity contribution >= 4 is 28.9 Å². The molecule has 1 amide bonds. The molecule has 0 aliphatic carbocycles. The second kappa shape index (κ2) is 10.5. The highest BCUT2D eigenvalue weighted by molar-refractivity contribution is 7.80. The van der Waals surface area contributed by atoms with E-state index in [1.54, 1.807) is 0 Å². The van der Waals surface area contributed by atoms with Crippen LogP contribution in [0.1, 0.15) is 19.8 Å². The quantitative estimate of drug-likeness (QED) is 0.461. The standard InChI is InChI=1S/C18H25F3N4O2S/c1-2-3-8-22-16(26)13-24-9-11-25(12-10-24)17(28)23-14-4-6-15(7-5-14)27-18(19,20)21/h4-7H,2-3,8-13H2,1H3,(H,22,26)(H,23,28)/p+1. The molecule has 0 atom stereocenters. The molecule has 0 radical (unpaired) electrons. The molecule has 3 N–H and O–H groups in total. The van der Waals surface area contributed by atoms with Gasteiger partial charge in [0.05, 0.1) is 26.2 Å². The first-order chi connectivity index (χ1) is 13.3. The molecule has 156 valence electrons. The molecule has 1 aliphatic heterocycles. The Kier molecular flexibility index (Phi) is 8.31. The van der Waals surface area contributed by atoms with Crippen molar-refractivity contribution in [2.75, 3.05) is 44.6 Å². The molecule has 1 fully saturated rings. The van der Waals surface area contributed by atoms with Crippen molar-refractivity contribution in [3.05, 3.63) is 24.3 Å². The normalized spacial score (nSPS) is 15.2. The molecule has 1 aliphatic rings. The van der Waals surface area contributed by atoms with Crippen molar-refractivity contribution in [2.45, 2.75) is 26.1 Å². The van der Waals surface area contributed by atoms with Crippen molar-refractivity contribution in [1.82, 2.24) is 10.2 Å². The summed E-state index contributed by atoms with van der Waals surface area (Å²) in [6, 6.07) is 5.43. The van der Waals surface area contributed by atoms with Gasteiger partial charge in [0.25, 0.3) is 5.91 Å². The maximum absolute atomic E-state index is 12.2. The van der Waals surface area contributed by atoms with Crippen LogP contribution < -0.4 is 20.3 Å². The summed E-state index contributed by atoms with van der Waals surface area (Å²) in [6.07, 6.45) is -2.68. The van der Waals surface area contributed by atoms with Gasteiger partial charge in [0.15, 0.2) is 11.7 Å². The van der Waals surface area contributed by atoms with Crippen molar-refractivity contribution in [1.29, 1.82) is 0 Å². The molecule has 1 saturated heterocycles. The van der Waals surface area contributed by atoms with Gasteiger partial charge in [-0.2, -0.15) is 0 Å². The summed E-state index contributed by atoms with van der Waals surface area (Å²) in [7, 11) is 0. The Hall–Kier alpha value is -2.07. The monoisotopic (exact) mass is 419 g/mol. The van der Waals surface area contributed by atoms with Gasteiger partial charge < -0.3 is 25.2 Å². The molecule has 1 aromatic rings. The molecular formula is C18H26F3N4O2S+. The van der Waals surface area contributed by atoms with Gasteiger partial charge in [0, 0.05) is 12.2 Å². The highest BCUT2D eigenvalue weighted by Gasteiger charge is 2.31. The number of unbranched alkanes of at least 4 members (excludes halogenated alkanes) is 1. The Morgan fingerprint density at radius 3 is 2.46 bits per heavy atom. The average Bonchev–Trinajstić information content (AvgIpc) is 2.63. The van der Waals surface area contributed by atoms with E-state index in [2.05, 4.69) is 22.3 Å². The van der Waals surface area contributed by atoms with Crippen LogP contribution in [0.25, 0.3) is 0 Å². The Morgan fingerprint density at radius 2 is 1.89 bits per heavy atom. The molecule has 0 saturated carbocycles. The van der Waals surface area contributed by atoms with Crippen LogP contribution in [-0.2, 0) is 4.79 Å². The molecule has 1 heterocycles. The second-order valence-electron chi connectivity index (χ2n) is 6.62. The van der Waals surface area contributed by atoms with Gasteiger partial charge in [-0.25, -0.2) is 0 Å². The lowest BCUT2D eigenvalue weighted by Gasteiger charge is -2.33. The molecule has 28 heavy (non-hydrogen) atoms. The number of benzene rings is 1. The van der Waals surface area contributed by atoms with E-state index in [9.17, 15) is 18.0 Å². The second-order valence-corrected chi connectivity index (χ2v) is 7.01. The molecular weight excluding hydrogens is 393 g/mol. The number of anilines is 1. The summed E-state index contributed by atoms with van der Waals surface area (Å²) in [5, 5.41) is 6.46. The van der Waals surface area contributed by atoms with Crippen molar-refractivity contribution in [3.8, 4) is 5.75 Å². The largest absolute Gasteiger partial charge is 0.573 e. The minimum atomic E-state index is -4.71. The molecule has 0 aromatic heterocycles. The summed E-state index contributed by atoms with van der Waals surface area (Å²) >= 11 is 5.39. The number of hydrogen-bond donors (Lipinski definition) is 3. The lowest BCUT2D eigenvalue weighted by Crippen LogP contribution is -3.15. The first-order valence-corrected chi connectivity index (χ1v) is 9.69. The van der Waals surface area contributed by atoms with Gasteiger partial charge in [-0.3, -0.25) is 4.79 Å². The van der Waals surface area contributed by atoms with E-state index in [-0.39, 0.29) is 11.7 Å². The SMILES string of the molecule is CCCCNC(=O)C[NH+]1CCN(C(=S)Nc2ccc(OC(F)(F)F)cc2)CC1. The zero-order valence-corrected chi connectivity index (χ0v) is 16.6. The van der Waals surface area contributed by atoms with Crippen LogP contribution in [0.5, 0.6) is 5.75 Å². The minimum absolute atomic E-state index is 0.0683. The average molecular weight is 419 g/mol. The first kappa shape index (κ1) is 22.2. The van der Waals surface area contributed by atoms with Crippen molar-refractivity contribution in [2.24, 2.45) is 0 Å². The van der Waals surface area contributed by atoms with Gasteiger partial charge in [0.1, 0.15) is 5.75 Å². The number of alkyl halides is 3. The number of halogens is 3. The van der Waals surface area contributed by atoms with Crippen LogP contribution in [0, 0.1) is 0 Å². The summed E-state index contributed by atoms with van der Waals surface area (Å²) in [5.74, 6) is -0.211. The number of nitrogens with zero attached hydrogens (tertiary/aromatic N) is 1. The predicted molar refractivity (Wildman–Crippen MR) is 104 cm³/mol. The third-order valence-electron chi connectivity index (χ3n) is 4.36. The number of carbonyl (C=O) groups excluding carboxylic acids is 1. The van der Waals surface area contributed by atoms with Crippen molar-refractivity contribution < 1.29 is 27.6 Å². The van der Waals surface area contributed by atoms with Crippen LogP contribution in [-0.4, -0.2) is 61.6 Å². The van der Waals surface area contributed by atoms with Gasteiger partial charge in [0.2, 0.25) is 0 Å². The van der Waals surface area contributed by atoms with E-state index in [1.807, 2.05) is 4.90 Å². The third kappa shape index (κ3) is 7.89. The van der Waals surface area contributed by atoms with E-state index >= 15 is 0 Å². The number of amides is 1. The number of nitrogens with one attached hydrogen (secondary N) is 3. The van der Waals surface area contributed by atoms with Crippen LogP contribution in [0.15, 0.2) is 24.3 Å². The Bertz CT molecular complexity index is 647. The lowest BCUT2D eigenvalue weighted by atomic mass is 10.3. The van der Waals surface area contributed by atoms with E-state index in [1.165, 1.54) is 29.2 Å². The fourth-order valence-corrected chi connectivity index (χ4v) is 3.14. The fraction of sp³-hybridized carbons (Fsp3) is 0.556. The zero-order valence-electron chi connectivity index (χ0n) is 15.8. The zero-order chi connectivity index (χ0) is 20.6. The third-order valence-corrected chi connectivity index (χ3v) is 4.72. The molecule has 0 unspecified atom stereocenters. The van der Waals surface area contributed by atoms with Crippen molar-refractivity contribution in [3.63, 3.8) is 0 Å². The maximum atomic E-state index is 12.2. The highest BCUT2D eigenvalue weighted by atomic mass is 32.1. The lowest BCUT2D eigenvalue weighted by molar-refractivity contribution is -0.895. The Labute approximate surface area is 168 Å². The van der Waals surface area contributed by atoms with Crippen LogP contribution in [0.4, 0.5) is 18.9 Å². The highest BCUT2D eigenvalue weighted by Crippen LogP contribution is 2.24. The molecule has 2 rings (SSSR count). The topological polar surface area (TPSA) is 58.0 Å². The molecule has 6 nitrogen and oxygen atoms in total. The van der Waals surface area contributed by atoms with E-state index < -0.39 is 6.36 Å². The predicted octanol–water partition coefficient (Wildman–Crippen LogP) is 1.40. The van der Waals surface area contributed by atoms with Crippen LogP contribution in [0.3, 0.4) is 0 Å². The molecule has 1 aromatic carbocycles. The number of hydrogen-bond acceptors (Lipinski definition) is 3. The Morgan fingerprint density at radius 1 is 1.25 bits per heavy atom. The number of rotatable bonds is 7. The van der Waals surface area contributed by atoms with Gasteiger partial charge in [-0.1, -0.05) is 13.3 Å². The number of carbonyl (C=O) groups is 1. The van der Waals surface area contributed by atoms with Gasteiger partial charge in [-0.15, -0.1) is 13.2 Å². The molecule has 0 bridgehead atoms. The minimum Gasteiger partial charge on any atom is -0.406 e. The maximum Gasteiger partial charge on any atom is 0.573 e. The number of thiocarbonyl (C=S) groups is 1. The Balaban J connectivity index is 1.74. The smallest absolute Gasteiger partial charge is 0.406 e. The van der Waals surface area contributed by atoms with Gasteiger partial charge in [-0.05, 0) is 42.9 Å². The fourth-order valence-electron chi connectivity index (χ4n) is 2.84. The summed E-state index contributed by atoms with van der Waals surface area (Å²) in [5.41, 5.74) is 0.588. The number of ether oxygens (including phenoxy) is 1. The van der Waals surface area contributed by atoms with Crippen LogP contribution >= 0.6 is 12.2 Å². The summed E-state index contributed by atoms with van der Waals surface area (Å²) in [6.45, 7) is 6.26. The molecule has 0 spiro atoms.